The third-order valence-electron chi connectivity index (χ3n) is 3.27. The van der Waals surface area contributed by atoms with Gasteiger partial charge in [0.25, 0.3) is 0 Å². The van der Waals surface area contributed by atoms with Crippen LogP contribution in [-0.2, 0) is 10.0 Å². The zero-order valence-corrected chi connectivity index (χ0v) is 11.5. The molecule has 0 aliphatic carbocycles. The number of aliphatic hydroxyl groups is 1. The van der Waals surface area contributed by atoms with Crippen LogP contribution in [0.5, 0.6) is 0 Å². The SMILES string of the molecule is Cc1cc(F)c(N)cc1S(=O)(=O)N1CCC[C@H](O)C1. The molecule has 0 bridgehead atoms. The molecule has 0 spiro atoms. The van der Waals surface area contributed by atoms with Gasteiger partial charge in [0.1, 0.15) is 5.82 Å². The number of aryl methyl sites for hydroxylation is 1. The van der Waals surface area contributed by atoms with Crippen LogP contribution in [-0.4, -0.2) is 37.0 Å². The highest BCUT2D eigenvalue weighted by molar-refractivity contribution is 7.89. The van der Waals surface area contributed by atoms with Crippen LogP contribution in [0, 0.1) is 12.7 Å². The molecule has 5 nitrogen and oxygen atoms in total. The number of β-amino-alcohol motifs (C(OH)–C–C–N with tert-alkyl or cyclic N) is 1. The average molecular weight is 288 g/mol. The summed E-state index contributed by atoms with van der Waals surface area (Å²) in [5.41, 5.74) is 5.55. The molecule has 1 aromatic carbocycles. The highest BCUT2D eigenvalue weighted by atomic mass is 32.2. The van der Waals surface area contributed by atoms with Crippen LogP contribution >= 0.6 is 0 Å². The van der Waals surface area contributed by atoms with Crippen molar-refractivity contribution in [3.8, 4) is 0 Å². The summed E-state index contributed by atoms with van der Waals surface area (Å²) in [6.45, 7) is 1.95. The molecule has 19 heavy (non-hydrogen) atoms. The number of rotatable bonds is 2. The molecule has 1 atom stereocenters. The maximum absolute atomic E-state index is 13.3. The van der Waals surface area contributed by atoms with Crippen LogP contribution in [0.3, 0.4) is 0 Å². The Balaban J connectivity index is 2.42. The lowest BCUT2D eigenvalue weighted by atomic mass is 10.1. The molecule has 0 saturated carbocycles. The standard InChI is InChI=1S/C12H17FN2O3S/c1-8-5-10(13)11(14)6-12(8)19(17,18)15-4-2-3-9(16)7-15/h5-6,9,16H,2-4,7,14H2,1H3/t9-/m0/s1. The number of hydrogen-bond acceptors (Lipinski definition) is 4. The summed E-state index contributed by atoms with van der Waals surface area (Å²) in [6.07, 6.45) is 0.550. The first kappa shape index (κ1) is 14.2. The molecule has 1 fully saturated rings. The molecule has 1 aromatic rings. The minimum Gasteiger partial charge on any atom is -0.396 e. The number of benzene rings is 1. The molecule has 1 saturated heterocycles. The molecule has 0 radical (unpaired) electrons. The van der Waals surface area contributed by atoms with E-state index in [-0.39, 0.29) is 17.1 Å². The molecule has 106 valence electrons. The summed E-state index contributed by atoms with van der Waals surface area (Å²) < 4.78 is 39.4. The van der Waals surface area contributed by atoms with Crippen LogP contribution in [0.4, 0.5) is 10.1 Å². The normalized spacial score (nSPS) is 21.5. The number of nitrogen functional groups attached to an aromatic ring is 1. The van der Waals surface area contributed by atoms with Crippen molar-refractivity contribution in [3.05, 3.63) is 23.5 Å². The van der Waals surface area contributed by atoms with E-state index in [1.165, 1.54) is 11.2 Å². The van der Waals surface area contributed by atoms with Gasteiger partial charge in [0.2, 0.25) is 10.0 Å². The molecule has 7 heteroatoms. The van der Waals surface area contributed by atoms with Crippen LogP contribution in [0.15, 0.2) is 17.0 Å². The van der Waals surface area contributed by atoms with Gasteiger partial charge in [-0.1, -0.05) is 0 Å². The Bertz CT molecular complexity index is 589. The van der Waals surface area contributed by atoms with E-state index in [1.807, 2.05) is 0 Å². The van der Waals surface area contributed by atoms with E-state index in [9.17, 15) is 17.9 Å². The first-order valence-corrected chi connectivity index (χ1v) is 7.50. The van der Waals surface area contributed by atoms with Gasteiger partial charge in [-0.3, -0.25) is 0 Å². The molecule has 0 amide bonds. The predicted octanol–water partition coefficient (Wildman–Crippen LogP) is 0.862. The Morgan fingerprint density at radius 1 is 1.47 bits per heavy atom. The van der Waals surface area contributed by atoms with Gasteiger partial charge in [0.15, 0.2) is 0 Å². The fourth-order valence-corrected chi connectivity index (χ4v) is 3.98. The maximum atomic E-state index is 13.3. The van der Waals surface area contributed by atoms with Gasteiger partial charge < -0.3 is 10.8 Å². The molecule has 1 aliphatic rings. The quantitative estimate of drug-likeness (QED) is 0.791. The van der Waals surface area contributed by atoms with Crippen molar-refractivity contribution in [2.75, 3.05) is 18.8 Å². The predicted molar refractivity (Wildman–Crippen MR) is 69.5 cm³/mol. The van der Waals surface area contributed by atoms with Gasteiger partial charge in [-0.05, 0) is 37.5 Å². The Labute approximate surface area is 111 Å². The number of piperidine rings is 1. The summed E-state index contributed by atoms with van der Waals surface area (Å²) in [4.78, 5) is 0.000463. The zero-order valence-electron chi connectivity index (χ0n) is 10.6. The van der Waals surface area contributed by atoms with E-state index in [2.05, 4.69) is 0 Å². The Hall–Kier alpha value is -1.18. The number of sulfonamides is 1. The lowest BCUT2D eigenvalue weighted by molar-refractivity contribution is 0.108. The minimum absolute atomic E-state index is 0.000463. The van der Waals surface area contributed by atoms with Crippen molar-refractivity contribution >= 4 is 15.7 Å². The maximum Gasteiger partial charge on any atom is 0.243 e. The fourth-order valence-electron chi connectivity index (χ4n) is 2.22. The minimum atomic E-state index is -3.74. The van der Waals surface area contributed by atoms with Crippen molar-refractivity contribution in [2.45, 2.75) is 30.8 Å². The van der Waals surface area contributed by atoms with Crippen molar-refractivity contribution in [2.24, 2.45) is 0 Å². The number of hydrogen-bond donors (Lipinski definition) is 2. The molecule has 1 heterocycles. The van der Waals surface area contributed by atoms with Crippen molar-refractivity contribution in [3.63, 3.8) is 0 Å². The summed E-state index contributed by atoms with van der Waals surface area (Å²) in [6, 6.07) is 2.25. The molecule has 3 N–H and O–H groups in total. The second kappa shape index (κ2) is 5.07. The van der Waals surface area contributed by atoms with Crippen LogP contribution < -0.4 is 5.73 Å². The first-order chi connectivity index (χ1) is 8.82. The summed E-state index contributed by atoms with van der Waals surface area (Å²) in [7, 11) is -3.74. The fraction of sp³-hybridized carbons (Fsp3) is 0.500. The van der Waals surface area contributed by atoms with Gasteiger partial charge in [0, 0.05) is 13.1 Å². The second-order valence-electron chi connectivity index (χ2n) is 4.80. The van der Waals surface area contributed by atoms with E-state index in [0.717, 1.165) is 12.1 Å². The monoisotopic (exact) mass is 288 g/mol. The largest absolute Gasteiger partial charge is 0.396 e. The van der Waals surface area contributed by atoms with Crippen molar-refractivity contribution in [1.29, 1.82) is 0 Å². The lowest BCUT2D eigenvalue weighted by Gasteiger charge is -2.29. The summed E-state index contributed by atoms with van der Waals surface area (Å²) in [5.74, 6) is -0.630. The molecule has 1 aliphatic heterocycles. The van der Waals surface area contributed by atoms with Crippen LogP contribution in [0.25, 0.3) is 0 Å². The smallest absolute Gasteiger partial charge is 0.243 e. The van der Waals surface area contributed by atoms with Gasteiger partial charge in [-0.2, -0.15) is 4.31 Å². The zero-order chi connectivity index (χ0) is 14.2. The molecular formula is C12H17FN2O3S. The van der Waals surface area contributed by atoms with Crippen LogP contribution in [0.2, 0.25) is 0 Å². The third kappa shape index (κ3) is 2.72. The molecule has 0 unspecified atom stereocenters. The topological polar surface area (TPSA) is 83.6 Å². The van der Waals surface area contributed by atoms with E-state index in [4.69, 9.17) is 5.73 Å². The number of aliphatic hydroxyl groups excluding tert-OH is 1. The number of nitrogens with zero attached hydrogens (tertiary/aromatic N) is 1. The van der Waals surface area contributed by atoms with Crippen molar-refractivity contribution in [1.82, 2.24) is 4.31 Å². The number of nitrogens with two attached hydrogens (primary N) is 1. The van der Waals surface area contributed by atoms with Crippen LogP contribution in [0.1, 0.15) is 18.4 Å². The molecular weight excluding hydrogens is 271 g/mol. The van der Waals surface area contributed by atoms with E-state index >= 15 is 0 Å². The molecule has 0 aromatic heterocycles. The van der Waals surface area contributed by atoms with E-state index in [0.29, 0.717) is 24.9 Å². The molecule has 2 rings (SSSR count). The van der Waals surface area contributed by atoms with Crippen molar-refractivity contribution < 1.29 is 17.9 Å². The third-order valence-corrected chi connectivity index (χ3v) is 5.28. The van der Waals surface area contributed by atoms with Gasteiger partial charge >= 0.3 is 0 Å². The summed E-state index contributed by atoms with van der Waals surface area (Å²) >= 11 is 0. The Morgan fingerprint density at radius 2 is 2.16 bits per heavy atom. The second-order valence-corrected chi connectivity index (χ2v) is 6.70. The van der Waals surface area contributed by atoms with Gasteiger partial charge in [-0.25, -0.2) is 12.8 Å². The van der Waals surface area contributed by atoms with Gasteiger partial charge in [0.05, 0.1) is 16.7 Å². The lowest BCUT2D eigenvalue weighted by Crippen LogP contribution is -2.42. The van der Waals surface area contributed by atoms with E-state index in [1.54, 1.807) is 0 Å². The number of anilines is 1. The van der Waals surface area contributed by atoms with E-state index < -0.39 is 21.9 Å². The summed E-state index contributed by atoms with van der Waals surface area (Å²) in [5, 5.41) is 9.57. The highest BCUT2D eigenvalue weighted by Gasteiger charge is 2.30. The van der Waals surface area contributed by atoms with Gasteiger partial charge in [-0.15, -0.1) is 0 Å². The average Bonchev–Trinajstić information content (AvgIpc) is 2.33. The highest BCUT2D eigenvalue weighted by Crippen LogP contribution is 2.26. The number of halogens is 1. The first-order valence-electron chi connectivity index (χ1n) is 6.06. The Morgan fingerprint density at radius 3 is 2.79 bits per heavy atom. The Kier molecular flexibility index (Phi) is 3.80.